The molecule has 15 nitrogen and oxygen atoms in total. The Hall–Kier alpha value is -2.38. The maximum atomic E-state index is 12.3. The van der Waals surface area contributed by atoms with Crippen molar-refractivity contribution in [1.29, 1.82) is 0 Å². The number of nitrogens with zero attached hydrogens (tertiary/aromatic N) is 1. The Bertz CT molecular complexity index is 2590. The fourth-order valence-corrected chi connectivity index (χ4v) is 20.1. The largest absolute Gasteiger partial charge is 0.456 e. The first kappa shape index (κ1) is 72.7. The van der Waals surface area contributed by atoms with Crippen molar-refractivity contribution in [2.24, 2.45) is 47.3 Å². The number of ether oxygens (including phenoxy) is 4. The Morgan fingerprint density at radius 1 is 0.547 bits per heavy atom. The lowest BCUT2D eigenvalue weighted by Gasteiger charge is -2.62. The monoisotopic (exact) mass is 1270 g/mol. The van der Waals surface area contributed by atoms with Crippen molar-refractivity contribution in [3.8, 4) is 0 Å². The Balaban J connectivity index is 0.000000177. The quantitative estimate of drug-likeness (QED) is 0.0514. The summed E-state index contributed by atoms with van der Waals surface area (Å²) in [4.78, 5) is 38.4. The van der Waals surface area contributed by atoms with E-state index in [4.69, 9.17) is 23.1 Å². The van der Waals surface area contributed by atoms with Crippen LogP contribution in [0.2, 0.25) is 0 Å². The molecule has 14 rings (SSSR count). The topological polar surface area (TPSA) is 209 Å². The van der Waals surface area contributed by atoms with Crippen LogP contribution < -0.4 is 0 Å². The summed E-state index contributed by atoms with van der Waals surface area (Å²) in [7, 11) is -2.21. The molecule has 14 aliphatic rings. The summed E-state index contributed by atoms with van der Waals surface area (Å²) in [6, 6.07) is 1.38. The average molecular weight is 1270 g/mol. The Labute approximate surface area is 524 Å². The van der Waals surface area contributed by atoms with Gasteiger partial charge in [-0.3, -0.25) is 9.08 Å². The zero-order valence-electron chi connectivity index (χ0n) is 55.4. The second-order valence-corrected chi connectivity index (χ2v) is 36.0. The van der Waals surface area contributed by atoms with Crippen molar-refractivity contribution < 1.29 is 64.6 Å². The van der Waals surface area contributed by atoms with Crippen LogP contribution >= 0.6 is 10.7 Å². The van der Waals surface area contributed by atoms with Crippen LogP contribution in [0.5, 0.6) is 0 Å². The molecule has 6 atom stereocenters. The van der Waals surface area contributed by atoms with Gasteiger partial charge in [-0.05, 0) is 252 Å². The van der Waals surface area contributed by atoms with Gasteiger partial charge >= 0.3 is 17.9 Å². The number of carbonyl (C=O) groups is 3. The highest BCUT2D eigenvalue weighted by molar-refractivity contribution is 8.13. The minimum absolute atomic E-state index is 0.0677. The van der Waals surface area contributed by atoms with Gasteiger partial charge in [0.05, 0.1) is 40.5 Å². The van der Waals surface area contributed by atoms with Crippen LogP contribution in [-0.2, 0) is 56.7 Å². The van der Waals surface area contributed by atoms with Gasteiger partial charge in [0.1, 0.15) is 16.8 Å². The fraction of sp³-hybridized carbons (Fsp3) is 0.868. The smallest absolute Gasteiger partial charge is 0.333 e. The summed E-state index contributed by atoms with van der Waals surface area (Å²) in [5.74, 6) is 3.49. The van der Waals surface area contributed by atoms with Gasteiger partial charge in [-0.15, -0.1) is 0 Å². The van der Waals surface area contributed by atoms with E-state index in [1.165, 1.54) is 64.2 Å². The molecule has 12 bridgehead atoms. The van der Waals surface area contributed by atoms with Gasteiger partial charge < -0.3 is 29.2 Å². The fourth-order valence-electron chi connectivity index (χ4n) is 19.3. The van der Waals surface area contributed by atoms with Gasteiger partial charge in [0.15, 0.2) is 0 Å². The van der Waals surface area contributed by atoms with Gasteiger partial charge in [0.25, 0.3) is 10.1 Å². The van der Waals surface area contributed by atoms with E-state index in [2.05, 4.69) is 83.8 Å². The van der Waals surface area contributed by atoms with Crippen LogP contribution in [0.4, 0.5) is 0 Å². The molecule has 0 saturated heterocycles. The Morgan fingerprint density at radius 2 is 0.837 bits per heavy atom. The number of carbonyl (C=O) groups excluding carboxylic acids is 3. The molecule has 14 aliphatic carbocycles. The number of rotatable bonds is 15. The molecule has 14 saturated carbocycles. The van der Waals surface area contributed by atoms with Gasteiger partial charge in [-0.2, -0.15) is 8.42 Å². The molecule has 86 heavy (non-hydrogen) atoms. The number of hydrogen-bond donors (Lipinski definition) is 2. The summed E-state index contributed by atoms with van der Waals surface area (Å²) < 4.78 is 71.9. The van der Waals surface area contributed by atoms with Gasteiger partial charge in [-0.25, -0.2) is 22.8 Å². The van der Waals surface area contributed by atoms with E-state index in [1.54, 1.807) is 20.8 Å². The summed E-state index contributed by atoms with van der Waals surface area (Å²) in [5.41, 5.74) is -1.73. The molecule has 0 aromatic heterocycles. The van der Waals surface area contributed by atoms with Crippen molar-refractivity contribution in [1.82, 2.24) is 4.90 Å². The van der Waals surface area contributed by atoms with Crippen LogP contribution in [0.15, 0.2) is 36.5 Å². The first-order chi connectivity index (χ1) is 39.4. The third kappa shape index (κ3) is 20.1. The van der Waals surface area contributed by atoms with Crippen LogP contribution in [-0.4, -0.2) is 126 Å². The van der Waals surface area contributed by atoms with Crippen LogP contribution in [0, 0.1) is 47.3 Å². The molecule has 0 aromatic carbocycles. The first-order valence-corrected chi connectivity index (χ1v) is 37.3. The van der Waals surface area contributed by atoms with Crippen LogP contribution in [0.1, 0.15) is 250 Å². The van der Waals surface area contributed by atoms with E-state index >= 15 is 0 Å². The predicted molar refractivity (Wildman–Crippen MR) is 340 cm³/mol. The molecule has 0 aromatic rings. The van der Waals surface area contributed by atoms with Crippen LogP contribution in [0.25, 0.3) is 0 Å². The number of hydrogen-bond acceptors (Lipinski definition) is 15. The minimum Gasteiger partial charge on any atom is -0.456 e. The number of aliphatic hydroxyl groups is 2. The van der Waals surface area contributed by atoms with Crippen molar-refractivity contribution in [2.75, 3.05) is 19.1 Å². The van der Waals surface area contributed by atoms with Gasteiger partial charge in [-0.1, -0.05) is 52.3 Å². The molecule has 0 radical (unpaired) electrons. The lowest BCUT2D eigenvalue weighted by molar-refractivity contribution is -0.267. The molecule has 14 fully saturated rings. The zero-order chi connectivity index (χ0) is 64.4. The van der Waals surface area contributed by atoms with E-state index in [0.717, 1.165) is 109 Å². The second-order valence-electron chi connectivity index (χ2n) is 31.3. The Morgan fingerprint density at radius 3 is 1.10 bits per heavy atom. The highest BCUT2D eigenvalue weighted by Gasteiger charge is 2.64. The molecule has 0 spiro atoms. The van der Waals surface area contributed by atoms with Crippen molar-refractivity contribution >= 4 is 47.8 Å². The molecule has 0 amide bonds. The van der Waals surface area contributed by atoms with E-state index in [1.807, 2.05) is 13.8 Å². The van der Waals surface area contributed by atoms with Crippen molar-refractivity contribution in [3.63, 3.8) is 0 Å². The van der Waals surface area contributed by atoms with Crippen molar-refractivity contribution in [2.45, 2.75) is 307 Å². The molecule has 0 aliphatic heterocycles. The standard InChI is InChI=1S/C22H34O3.C15H22O5S.C14H20O3.C8H19N.C8H16O.CH3ClO2S/c1-15(2)19(23)24-21-10-16-9-17(11-21)13-22(12-16,14-21)25-20(3,4)18-7-5-6-8-18;1-10(2)13(16)19-14-5-11-4-12(6-14)8-15(7-11,9-14)20-21(3,17)18;1-9(2)12(15)17-14-6-10-3-11(7-14)5-13(16,4-10)8-14;1-6-9(7(2)3)8(4)5;1-8(2,9)7-5-3-4-6-7;1-5(2,3)4/h16-18H,1,5-14H2,2-4H3;11-12H,1,4-9H2,2-3H3;10-11,16H,1,3-8H2,2H3;7-8H,6H2,1-5H3;7,9H,3-6H2,1-2H3;1H3. The molecule has 0 heterocycles. The third-order valence-corrected chi connectivity index (χ3v) is 21.7. The molecule has 6 unspecified atom stereocenters. The summed E-state index contributed by atoms with van der Waals surface area (Å²) in [6.07, 6.45) is 29.1. The summed E-state index contributed by atoms with van der Waals surface area (Å²) in [5, 5.41) is 20.0. The average Bonchev–Trinajstić information content (AvgIpc) is 0.985. The molecule has 18 heteroatoms. The highest BCUT2D eigenvalue weighted by atomic mass is 35.7. The number of esters is 3. The van der Waals surface area contributed by atoms with Gasteiger partial charge in [0.2, 0.25) is 9.05 Å². The lowest BCUT2D eigenvalue weighted by Crippen LogP contribution is -2.63. The third-order valence-electron chi connectivity index (χ3n) is 21.0. The van der Waals surface area contributed by atoms with E-state index in [-0.39, 0.29) is 34.7 Å². The normalized spacial score (nSPS) is 35.4. The van der Waals surface area contributed by atoms with Gasteiger partial charge in [0, 0.05) is 58.7 Å². The summed E-state index contributed by atoms with van der Waals surface area (Å²) >= 11 is 0. The molecular formula is C68H114ClNO14S2. The predicted octanol–water partition coefficient (Wildman–Crippen LogP) is 13.8. The van der Waals surface area contributed by atoms with Crippen LogP contribution in [0.3, 0.4) is 0 Å². The van der Waals surface area contributed by atoms with Crippen molar-refractivity contribution in [3.05, 3.63) is 36.5 Å². The molecule has 494 valence electrons. The minimum atomic E-state index is -3.52. The number of halogens is 1. The van der Waals surface area contributed by atoms with E-state index in [9.17, 15) is 41.4 Å². The Kier molecular flexibility index (Phi) is 23.5. The summed E-state index contributed by atoms with van der Waals surface area (Å²) in [6.45, 7) is 36.9. The highest BCUT2D eigenvalue weighted by Crippen LogP contribution is 2.63. The molecular weight excluding hydrogens is 1150 g/mol. The molecule has 2 N–H and O–H groups in total. The lowest BCUT2D eigenvalue weighted by atomic mass is 9.52. The SMILES string of the molecule is C=C(C)C(=O)OC12CC3CC(C1)CC(OC(C)(C)C1CCCC1)(C3)C2.C=C(C)C(=O)OC12CC3CC(C1)CC(OS(C)(=O)=O)(C3)C2.C=C(C)C(=O)OC12CC3CC(CC(O)(C3)C1)C2.CC(C)(O)C1CCCC1.CCN(C(C)C)C(C)C.CS(=O)(=O)Cl. The first-order valence-electron chi connectivity index (χ1n) is 32.8. The maximum absolute atomic E-state index is 12.3. The second kappa shape index (κ2) is 27.8. The zero-order valence-corrected chi connectivity index (χ0v) is 57.8. The van der Waals surface area contributed by atoms with E-state index in [0.29, 0.717) is 89.0 Å². The maximum Gasteiger partial charge on any atom is 0.333 e. The van der Waals surface area contributed by atoms with E-state index < -0.39 is 47.2 Å².